The fourth-order valence-electron chi connectivity index (χ4n) is 3.03. The third-order valence-electron chi connectivity index (χ3n) is 4.35. The van der Waals surface area contributed by atoms with Gasteiger partial charge >= 0.3 is 0 Å². The Labute approximate surface area is 155 Å². The van der Waals surface area contributed by atoms with Gasteiger partial charge in [0.2, 0.25) is 5.91 Å². The van der Waals surface area contributed by atoms with E-state index in [0.717, 1.165) is 40.2 Å². The highest BCUT2D eigenvalue weighted by atomic mass is 32.1. The zero-order valence-corrected chi connectivity index (χ0v) is 15.1. The van der Waals surface area contributed by atoms with Crippen molar-refractivity contribution in [1.29, 1.82) is 0 Å². The molecule has 4 rings (SSSR count). The van der Waals surface area contributed by atoms with Crippen molar-refractivity contribution in [3.05, 3.63) is 65.0 Å². The highest BCUT2D eigenvalue weighted by molar-refractivity contribution is 7.07. The first-order valence-electron chi connectivity index (χ1n) is 8.48. The molecule has 0 spiro atoms. The molecule has 2 aromatic heterocycles. The molecule has 0 fully saturated rings. The molecule has 0 aliphatic carbocycles. The molecule has 130 valence electrons. The molecule has 0 unspecified atom stereocenters. The van der Waals surface area contributed by atoms with E-state index in [0.29, 0.717) is 0 Å². The molecule has 26 heavy (non-hydrogen) atoms. The van der Waals surface area contributed by atoms with E-state index in [1.54, 1.807) is 5.51 Å². The highest BCUT2D eigenvalue weighted by Crippen LogP contribution is 2.25. The molecule has 4 aromatic rings. The van der Waals surface area contributed by atoms with Crippen LogP contribution in [0.5, 0.6) is 0 Å². The Hall–Kier alpha value is -2.99. The Kier molecular flexibility index (Phi) is 4.50. The van der Waals surface area contributed by atoms with E-state index in [-0.39, 0.29) is 11.8 Å². The number of thiazole rings is 1. The maximum Gasteiger partial charge on any atom is 0.231 e. The summed E-state index contributed by atoms with van der Waals surface area (Å²) in [4.78, 5) is 24.8. The van der Waals surface area contributed by atoms with Crippen molar-refractivity contribution in [2.45, 2.75) is 19.3 Å². The summed E-state index contributed by atoms with van der Waals surface area (Å²) in [6, 6.07) is 15.6. The monoisotopic (exact) mass is 362 g/mol. The second kappa shape index (κ2) is 7.09. The number of fused-ring (bicyclic) bond motifs is 1. The number of carbonyl (C=O) groups is 1. The number of rotatable bonds is 5. The van der Waals surface area contributed by atoms with E-state index >= 15 is 0 Å². The first-order valence-corrected chi connectivity index (χ1v) is 9.43. The van der Waals surface area contributed by atoms with E-state index in [1.165, 1.54) is 11.3 Å². The summed E-state index contributed by atoms with van der Waals surface area (Å²) in [5, 5.41) is 4.98. The summed E-state index contributed by atoms with van der Waals surface area (Å²) in [5.41, 5.74) is 6.11. The largest absolute Gasteiger partial charge is 0.337 e. The molecule has 0 radical (unpaired) electrons. The predicted octanol–water partition coefficient (Wildman–Crippen LogP) is 4.82. The Morgan fingerprint density at radius 1 is 1.23 bits per heavy atom. The summed E-state index contributed by atoms with van der Waals surface area (Å²) in [5.74, 6) is 0.567. The second-order valence-corrected chi connectivity index (χ2v) is 6.77. The Morgan fingerprint density at radius 2 is 2.08 bits per heavy atom. The topological polar surface area (TPSA) is 70.7 Å². The van der Waals surface area contributed by atoms with Gasteiger partial charge in [0, 0.05) is 11.1 Å². The number of imidazole rings is 1. The number of amides is 1. The van der Waals surface area contributed by atoms with Crippen LogP contribution in [0.2, 0.25) is 0 Å². The van der Waals surface area contributed by atoms with Crippen molar-refractivity contribution < 1.29 is 4.79 Å². The van der Waals surface area contributed by atoms with Gasteiger partial charge in [-0.15, -0.1) is 11.3 Å². The van der Waals surface area contributed by atoms with Crippen molar-refractivity contribution in [1.82, 2.24) is 15.0 Å². The van der Waals surface area contributed by atoms with Crippen LogP contribution in [-0.2, 0) is 4.79 Å². The van der Waals surface area contributed by atoms with Gasteiger partial charge in [0.25, 0.3) is 0 Å². The standard InChI is InChI=1S/C20H18N4OS/c1-2-15(13-6-4-3-5-7-13)20(25)22-14-8-9-16-17(10-14)24-19(23-16)18-11-26-12-21-18/h3-12,15H,2H2,1H3,(H,22,25)(H,23,24)/t15-/m1/s1. The average molecular weight is 362 g/mol. The summed E-state index contributed by atoms with van der Waals surface area (Å²) >= 11 is 1.53. The van der Waals surface area contributed by atoms with E-state index in [4.69, 9.17) is 0 Å². The molecule has 2 heterocycles. The molecule has 0 saturated heterocycles. The minimum absolute atomic E-state index is 0.00251. The van der Waals surface area contributed by atoms with Crippen LogP contribution in [-0.4, -0.2) is 20.9 Å². The van der Waals surface area contributed by atoms with Crippen molar-refractivity contribution in [3.63, 3.8) is 0 Å². The molecule has 0 bridgehead atoms. The van der Waals surface area contributed by atoms with Crippen LogP contribution in [0.1, 0.15) is 24.8 Å². The molecule has 1 atom stereocenters. The van der Waals surface area contributed by atoms with Crippen LogP contribution in [0.25, 0.3) is 22.6 Å². The van der Waals surface area contributed by atoms with Crippen LogP contribution in [0, 0.1) is 0 Å². The third-order valence-corrected chi connectivity index (χ3v) is 4.94. The van der Waals surface area contributed by atoms with Gasteiger partial charge in [0.1, 0.15) is 5.69 Å². The van der Waals surface area contributed by atoms with Gasteiger partial charge in [0.15, 0.2) is 5.82 Å². The van der Waals surface area contributed by atoms with Gasteiger partial charge in [0.05, 0.1) is 22.5 Å². The Morgan fingerprint density at radius 3 is 2.81 bits per heavy atom. The Bertz CT molecular complexity index is 1020. The van der Waals surface area contributed by atoms with Gasteiger partial charge in [-0.3, -0.25) is 4.79 Å². The number of H-pyrrole nitrogens is 1. The molecule has 0 aliphatic rings. The van der Waals surface area contributed by atoms with E-state index in [1.807, 2.05) is 60.8 Å². The lowest BCUT2D eigenvalue weighted by Gasteiger charge is -2.15. The van der Waals surface area contributed by atoms with Gasteiger partial charge in [-0.2, -0.15) is 0 Å². The fourth-order valence-corrected chi connectivity index (χ4v) is 3.56. The van der Waals surface area contributed by atoms with Crippen LogP contribution in [0.3, 0.4) is 0 Å². The lowest BCUT2D eigenvalue weighted by atomic mass is 9.95. The van der Waals surface area contributed by atoms with Crippen LogP contribution < -0.4 is 5.32 Å². The second-order valence-electron chi connectivity index (χ2n) is 6.05. The highest BCUT2D eigenvalue weighted by Gasteiger charge is 2.18. The summed E-state index contributed by atoms with van der Waals surface area (Å²) in [6.45, 7) is 2.02. The quantitative estimate of drug-likeness (QED) is 0.535. The maximum absolute atomic E-state index is 12.7. The van der Waals surface area contributed by atoms with Crippen molar-refractivity contribution in [3.8, 4) is 11.5 Å². The molecule has 2 aromatic carbocycles. The van der Waals surface area contributed by atoms with Crippen molar-refractivity contribution in [2.75, 3.05) is 5.32 Å². The number of nitrogens with one attached hydrogen (secondary N) is 2. The number of nitrogens with zero attached hydrogens (tertiary/aromatic N) is 2. The number of carbonyl (C=O) groups excluding carboxylic acids is 1. The van der Waals surface area contributed by atoms with Crippen LogP contribution >= 0.6 is 11.3 Å². The lowest BCUT2D eigenvalue weighted by Crippen LogP contribution is -2.20. The minimum Gasteiger partial charge on any atom is -0.337 e. The summed E-state index contributed by atoms with van der Waals surface area (Å²) < 4.78 is 0. The molecule has 0 saturated carbocycles. The molecule has 6 heteroatoms. The van der Waals surface area contributed by atoms with E-state index in [2.05, 4.69) is 20.3 Å². The number of anilines is 1. The normalized spacial score (nSPS) is 12.2. The first kappa shape index (κ1) is 16.5. The third kappa shape index (κ3) is 3.23. The molecule has 1 amide bonds. The zero-order valence-electron chi connectivity index (χ0n) is 14.3. The fraction of sp³-hybridized carbons (Fsp3) is 0.150. The summed E-state index contributed by atoms with van der Waals surface area (Å²) in [6.07, 6.45) is 0.746. The van der Waals surface area contributed by atoms with Crippen molar-refractivity contribution in [2.24, 2.45) is 0 Å². The average Bonchev–Trinajstić information content (AvgIpc) is 3.32. The molecular weight excluding hydrogens is 344 g/mol. The van der Waals surface area contributed by atoms with Gasteiger partial charge in [-0.1, -0.05) is 37.3 Å². The van der Waals surface area contributed by atoms with Crippen LogP contribution in [0.4, 0.5) is 5.69 Å². The smallest absolute Gasteiger partial charge is 0.231 e. The number of hydrogen-bond donors (Lipinski definition) is 2. The van der Waals surface area contributed by atoms with Crippen molar-refractivity contribution >= 4 is 34.0 Å². The Balaban J connectivity index is 1.57. The zero-order chi connectivity index (χ0) is 17.9. The molecule has 2 N–H and O–H groups in total. The number of aromatic amines is 1. The molecule has 5 nitrogen and oxygen atoms in total. The van der Waals surface area contributed by atoms with Crippen LogP contribution in [0.15, 0.2) is 59.4 Å². The maximum atomic E-state index is 12.7. The first-order chi connectivity index (χ1) is 12.7. The lowest BCUT2D eigenvalue weighted by molar-refractivity contribution is -0.117. The molecular formula is C20H18N4OS. The number of benzene rings is 2. The summed E-state index contributed by atoms with van der Waals surface area (Å²) in [7, 11) is 0. The van der Waals surface area contributed by atoms with Gasteiger partial charge in [-0.25, -0.2) is 9.97 Å². The van der Waals surface area contributed by atoms with Gasteiger partial charge in [-0.05, 0) is 30.2 Å². The SMILES string of the molecule is CC[C@@H](C(=O)Nc1ccc2nc(-c3cscn3)[nH]c2c1)c1ccccc1. The van der Waals surface area contributed by atoms with E-state index < -0.39 is 0 Å². The minimum atomic E-state index is -0.167. The van der Waals surface area contributed by atoms with E-state index in [9.17, 15) is 4.79 Å². The van der Waals surface area contributed by atoms with Gasteiger partial charge < -0.3 is 10.3 Å². The predicted molar refractivity (Wildman–Crippen MR) is 105 cm³/mol. The number of aromatic nitrogens is 3. The number of hydrogen-bond acceptors (Lipinski definition) is 4. The molecule has 0 aliphatic heterocycles.